The summed E-state index contributed by atoms with van der Waals surface area (Å²) in [5, 5.41) is 6.67. The smallest absolute Gasteiger partial charge is 0.0715 e. The van der Waals surface area contributed by atoms with Crippen LogP contribution in [0.3, 0.4) is 0 Å². The van der Waals surface area contributed by atoms with Gasteiger partial charge < -0.3 is 15.4 Å². The van der Waals surface area contributed by atoms with Gasteiger partial charge in [-0.25, -0.2) is 0 Å². The molecule has 0 bridgehead atoms. The van der Waals surface area contributed by atoms with Crippen molar-refractivity contribution in [2.75, 3.05) is 26.2 Å². The van der Waals surface area contributed by atoms with Gasteiger partial charge in [0.15, 0.2) is 0 Å². The fourth-order valence-electron chi connectivity index (χ4n) is 1.95. The molecule has 12 heavy (non-hydrogen) atoms. The zero-order valence-corrected chi connectivity index (χ0v) is 7.51. The maximum absolute atomic E-state index is 5.95. The molecular weight excluding hydrogens is 152 g/mol. The third-order valence-corrected chi connectivity index (χ3v) is 2.69. The summed E-state index contributed by atoms with van der Waals surface area (Å²) in [6, 6.07) is 0. The fraction of sp³-hybridized carbons (Fsp3) is 1.00. The summed E-state index contributed by atoms with van der Waals surface area (Å²) in [6.45, 7) is 4.45. The van der Waals surface area contributed by atoms with Crippen molar-refractivity contribution >= 4 is 0 Å². The number of hydrogen-bond acceptors (Lipinski definition) is 3. The number of rotatable bonds is 2. The average Bonchev–Trinajstić information content (AvgIpc) is 2.59. The lowest BCUT2D eigenvalue weighted by atomic mass is 10.1. The standard InChI is InChI=1S/C9H18N2O/c1-4-10-5-2-8(1)12-9-3-6-11-7-9/h8-11H,1-7H2/t9-/m0/s1. The lowest BCUT2D eigenvalue weighted by molar-refractivity contribution is -0.0161. The molecule has 0 amide bonds. The zero-order valence-electron chi connectivity index (χ0n) is 7.51. The minimum absolute atomic E-state index is 0.494. The van der Waals surface area contributed by atoms with E-state index in [0.717, 1.165) is 26.2 Å². The Morgan fingerprint density at radius 1 is 0.833 bits per heavy atom. The maximum atomic E-state index is 5.95. The second-order valence-corrected chi connectivity index (χ2v) is 3.70. The molecule has 2 saturated heterocycles. The molecule has 2 aliphatic rings. The molecule has 3 nitrogen and oxygen atoms in total. The first-order valence-corrected chi connectivity index (χ1v) is 5.02. The van der Waals surface area contributed by atoms with E-state index in [0.29, 0.717) is 12.2 Å². The van der Waals surface area contributed by atoms with Gasteiger partial charge in [-0.05, 0) is 38.9 Å². The van der Waals surface area contributed by atoms with Crippen LogP contribution in [-0.4, -0.2) is 38.4 Å². The molecule has 2 aliphatic heterocycles. The molecule has 2 rings (SSSR count). The van der Waals surface area contributed by atoms with E-state index in [9.17, 15) is 0 Å². The van der Waals surface area contributed by atoms with Crippen molar-refractivity contribution in [3.63, 3.8) is 0 Å². The van der Waals surface area contributed by atoms with Crippen molar-refractivity contribution < 1.29 is 4.74 Å². The minimum atomic E-state index is 0.494. The molecule has 0 aromatic carbocycles. The third kappa shape index (κ3) is 2.19. The van der Waals surface area contributed by atoms with Crippen LogP contribution in [0.5, 0.6) is 0 Å². The highest BCUT2D eigenvalue weighted by atomic mass is 16.5. The van der Waals surface area contributed by atoms with Crippen molar-refractivity contribution in [2.45, 2.75) is 31.5 Å². The average molecular weight is 170 g/mol. The van der Waals surface area contributed by atoms with E-state index >= 15 is 0 Å². The third-order valence-electron chi connectivity index (χ3n) is 2.69. The highest BCUT2D eigenvalue weighted by Gasteiger charge is 2.21. The molecule has 2 N–H and O–H groups in total. The first-order valence-electron chi connectivity index (χ1n) is 5.02. The quantitative estimate of drug-likeness (QED) is 0.617. The molecule has 0 unspecified atom stereocenters. The Hall–Kier alpha value is -0.120. The second-order valence-electron chi connectivity index (χ2n) is 3.70. The van der Waals surface area contributed by atoms with Gasteiger partial charge in [0, 0.05) is 6.54 Å². The van der Waals surface area contributed by atoms with Gasteiger partial charge in [0.1, 0.15) is 0 Å². The van der Waals surface area contributed by atoms with Gasteiger partial charge in [-0.3, -0.25) is 0 Å². The molecule has 0 radical (unpaired) electrons. The normalized spacial score (nSPS) is 32.5. The predicted octanol–water partition coefficient (Wildman–Crippen LogP) is 0.117. The lowest BCUT2D eigenvalue weighted by Crippen LogP contribution is -2.35. The van der Waals surface area contributed by atoms with Crippen LogP contribution in [0.1, 0.15) is 19.3 Å². The summed E-state index contributed by atoms with van der Waals surface area (Å²) in [5.41, 5.74) is 0. The molecule has 3 heteroatoms. The van der Waals surface area contributed by atoms with Crippen LogP contribution in [-0.2, 0) is 4.74 Å². The minimum Gasteiger partial charge on any atom is -0.374 e. The second kappa shape index (κ2) is 4.21. The summed E-state index contributed by atoms with van der Waals surface area (Å²) < 4.78 is 5.95. The summed E-state index contributed by atoms with van der Waals surface area (Å²) in [7, 11) is 0. The van der Waals surface area contributed by atoms with E-state index in [2.05, 4.69) is 10.6 Å². The Kier molecular flexibility index (Phi) is 2.98. The molecule has 1 atom stereocenters. The van der Waals surface area contributed by atoms with Crippen LogP contribution in [0, 0.1) is 0 Å². The largest absolute Gasteiger partial charge is 0.374 e. The topological polar surface area (TPSA) is 33.3 Å². The van der Waals surface area contributed by atoms with Gasteiger partial charge in [0.05, 0.1) is 12.2 Å². The van der Waals surface area contributed by atoms with E-state index in [1.54, 1.807) is 0 Å². The molecule has 0 aromatic heterocycles. The van der Waals surface area contributed by atoms with Crippen LogP contribution < -0.4 is 10.6 Å². The molecule has 2 heterocycles. The van der Waals surface area contributed by atoms with Gasteiger partial charge in [0.25, 0.3) is 0 Å². The molecule has 2 fully saturated rings. The lowest BCUT2D eigenvalue weighted by Gasteiger charge is -2.25. The van der Waals surface area contributed by atoms with Gasteiger partial charge in [-0.1, -0.05) is 0 Å². The van der Waals surface area contributed by atoms with Crippen molar-refractivity contribution in [3.8, 4) is 0 Å². The highest BCUT2D eigenvalue weighted by Crippen LogP contribution is 2.13. The van der Waals surface area contributed by atoms with Crippen molar-refractivity contribution in [3.05, 3.63) is 0 Å². The van der Waals surface area contributed by atoms with Crippen LogP contribution in [0.2, 0.25) is 0 Å². The van der Waals surface area contributed by atoms with Crippen LogP contribution >= 0.6 is 0 Å². The van der Waals surface area contributed by atoms with Crippen LogP contribution in [0.25, 0.3) is 0 Å². The Labute approximate surface area is 73.9 Å². The molecule has 0 aliphatic carbocycles. The van der Waals surface area contributed by atoms with Gasteiger partial charge in [0.2, 0.25) is 0 Å². The van der Waals surface area contributed by atoms with E-state index < -0.39 is 0 Å². The summed E-state index contributed by atoms with van der Waals surface area (Å²) >= 11 is 0. The van der Waals surface area contributed by atoms with E-state index in [1.807, 2.05) is 0 Å². The van der Waals surface area contributed by atoms with Crippen LogP contribution in [0.15, 0.2) is 0 Å². The number of piperidine rings is 1. The summed E-state index contributed by atoms with van der Waals surface area (Å²) in [5.74, 6) is 0. The number of hydrogen-bond donors (Lipinski definition) is 2. The van der Waals surface area contributed by atoms with E-state index in [1.165, 1.54) is 19.3 Å². The molecular formula is C9H18N2O. The van der Waals surface area contributed by atoms with Crippen molar-refractivity contribution in [1.82, 2.24) is 10.6 Å². The highest BCUT2D eigenvalue weighted by molar-refractivity contribution is 4.75. The van der Waals surface area contributed by atoms with E-state index in [4.69, 9.17) is 4.74 Å². The maximum Gasteiger partial charge on any atom is 0.0715 e. The summed E-state index contributed by atoms with van der Waals surface area (Å²) in [4.78, 5) is 0. The Morgan fingerprint density at radius 2 is 1.50 bits per heavy atom. The molecule has 0 aromatic rings. The van der Waals surface area contributed by atoms with E-state index in [-0.39, 0.29) is 0 Å². The van der Waals surface area contributed by atoms with Gasteiger partial charge in [-0.15, -0.1) is 0 Å². The first-order chi connectivity index (χ1) is 5.95. The monoisotopic (exact) mass is 170 g/mol. The number of nitrogens with one attached hydrogen (secondary N) is 2. The van der Waals surface area contributed by atoms with Gasteiger partial charge in [-0.2, -0.15) is 0 Å². The van der Waals surface area contributed by atoms with Gasteiger partial charge >= 0.3 is 0 Å². The Bertz CT molecular complexity index is 128. The summed E-state index contributed by atoms with van der Waals surface area (Å²) in [6.07, 6.45) is 4.60. The molecule has 70 valence electrons. The Balaban J connectivity index is 1.69. The molecule has 0 spiro atoms. The number of ether oxygens (including phenoxy) is 1. The Morgan fingerprint density at radius 3 is 2.17 bits per heavy atom. The first kappa shape index (κ1) is 8.48. The zero-order chi connectivity index (χ0) is 8.23. The predicted molar refractivity (Wildman–Crippen MR) is 48.3 cm³/mol. The molecule has 0 saturated carbocycles. The van der Waals surface area contributed by atoms with Crippen molar-refractivity contribution in [2.24, 2.45) is 0 Å². The van der Waals surface area contributed by atoms with Crippen LogP contribution in [0.4, 0.5) is 0 Å². The van der Waals surface area contributed by atoms with Crippen molar-refractivity contribution in [1.29, 1.82) is 0 Å². The SMILES string of the molecule is C1CC(O[C@H]2CCNC2)CCN1. The fourth-order valence-corrected chi connectivity index (χ4v) is 1.95.